The minimum absolute atomic E-state index is 0.187. The van der Waals surface area contributed by atoms with Crippen LogP contribution in [0.3, 0.4) is 0 Å². The van der Waals surface area contributed by atoms with Crippen LogP contribution in [-0.2, 0) is 10.5 Å². The Morgan fingerprint density at radius 1 is 1.33 bits per heavy atom. The highest BCUT2D eigenvalue weighted by Crippen LogP contribution is 2.45. The molecule has 2 amide bonds. The van der Waals surface area contributed by atoms with Crippen molar-refractivity contribution < 1.29 is 9.53 Å². The van der Waals surface area contributed by atoms with Crippen LogP contribution < -0.4 is 5.32 Å². The first-order valence-electron chi connectivity index (χ1n) is 6.66. The van der Waals surface area contributed by atoms with Gasteiger partial charge >= 0.3 is 6.03 Å². The van der Waals surface area contributed by atoms with E-state index in [-0.39, 0.29) is 6.03 Å². The van der Waals surface area contributed by atoms with Crippen LogP contribution in [0.2, 0.25) is 5.02 Å². The highest BCUT2D eigenvalue weighted by atomic mass is 35.5. The molecule has 4 rings (SSSR count). The molecule has 3 heterocycles. The molecule has 2 aliphatic heterocycles. The smallest absolute Gasteiger partial charge is 0.324 e. The van der Waals surface area contributed by atoms with E-state index in [1.165, 1.54) is 0 Å². The molecule has 1 N–H and O–H groups in total. The summed E-state index contributed by atoms with van der Waals surface area (Å²) >= 11 is 6.12. The maximum Gasteiger partial charge on any atom is 0.324 e. The number of carbonyl (C=O) groups is 1. The van der Waals surface area contributed by atoms with Crippen molar-refractivity contribution in [2.75, 3.05) is 18.5 Å². The molecular weight excluding hydrogens is 290 g/mol. The molecule has 1 aromatic carbocycles. The Morgan fingerprint density at radius 3 is 3.10 bits per heavy atom. The number of nitrogens with zero attached hydrogens (tertiary/aromatic N) is 2. The van der Waals surface area contributed by atoms with Gasteiger partial charge in [0, 0.05) is 23.3 Å². The quantitative estimate of drug-likeness (QED) is 0.881. The van der Waals surface area contributed by atoms with Gasteiger partial charge in [-0.2, -0.15) is 0 Å². The van der Waals surface area contributed by atoms with Gasteiger partial charge in [-0.05, 0) is 24.3 Å². The largest absolute Gasteiger partial charge is 0.344 e. The van der Waals surface area contributed by atoms with Gasteiger partial charge in [0.2, 0.25) is 5.72 Å². The number of urea groups is 1. The van der Waals surface area contributed by atoms with Gasteiger partial charge in [0.1, 0.15) is 5.69 Å². The number of aromatic nitrogens is 1. The molecule has 0 spiro atoms. The van der Waals surface area contributed by atoms with Gasteiger partial charge in [0.15, 0.2) is 0 Å². The predicted octanol–water partition coefficient (Wildman–Crippen LogP) is 2.81. The lowest BCUT2D eigenvalue weighted by Gasteiger charge is -2.41. The Hall–Kier alpha value is -2.11. The molecule has 2 aliphatic rings. The van der Waals surface area contributed by atoms with E-state index in [4.69, 9.17) is 16.3 Å². The summed E-state index contributed by atoms with van der Waals surface area (Å²) < 4.78 is 6.03. The third kappa shape index (κ3) is 1.68. The maximum absolute atomic E-state index is 12.4. The van der Waals surface area contributed by atoms with Crippen LogP contribution in [0.25, 0.3) is 0 Å². The van der Waals surface area contributed by atoms with Crippen LogP contribution >= 0.6 is 11.6 Å². The number of hydrogen-bond donors (Lipinski definition) is 1. The number of hydrogen-bond acceptors (Lipinski definition) is 3. The molecule has 1 saturated heterocycles. The Morgan fingerprint density at radius 2 is 2.24 bits per heavy atom. The third-order valence-corrected chi connectivity index (χ3v) is 4.07. The summed E-state index contributed by atoms with van der Waals surface area (Å²) in [6.45, 7) is 0.963. The zero-order valence-electron chi connectivity index (χ0n) is 11.0. The molecular formula is C15H12ClN3O2. The second kappa shape index (κ2) is 4.44. The molecule has 106 valence electrons. The Kier molecular flexibility index (Phi) is 2.67. The maximum atomic E-state index is 12.4. The van der Waals surface area contributed by atoms with Crippen molar-refractivity contribution in [1.29, 1.82) is 0 Å². The Bertz CT molecular complexity index is 736. The Labute approximate surface area is 126 Å². The number of nitrogens with one attached hydrogen (secondary N) is 1. The van der Waals surface area contributed by atoms with Gasteiger partial charge in [0.25, 0.3) is 0 Å². The number of pyridine rings is 1. The van der Waals surface area contributed by atoms with E-state index < -0.39 is 5.72 Å². The summed E-state index contributed by atoms with van der Waals surface area (Å²) in [5.41, 5.74) is 1.16. The molecule has 0 bridgehead atoms. The molecule has 0 saturated carbocycles. The van der Waals surface area contributed by atoms with E-state index in [9.17, 15) is 4.79 Å². The van der Waals surface area contributed by atoms with Crippen LogP contribution in [0.4, 0.5) is 10.5 Å². The SMILES string of the molecule is O=C1Nc2cccnc2C2(c3cccc(Cl)c3)OCCN12. The van der Waals surface area contributed by atoms with E-state index in [1.807, 2.05) is 24.3 Å². The molecule has 5 nitrogen and oxygen atoms in total. The summed E-state index contributed by atoms with van der Waals surface area (Å²) in [5, 5.41) is 3.45. The first-order valence-corrected chi connectivity index (χ1v) is 7.04. The molecule has 2 aromatic rings. The van der Waals surface area contributed by atoms with E-state index in [1.54, 1.807) is 23.2 Å². The molecule has 1 atom stereocenters. The number of carbonyl (C=O) groups excluding carboxylic acids is 1. The minimum atomic E-state index is -0.996. The summed E-state index contributed by atoms with van der Waals surface area (Å²) in [6, 6.07) is 10.8. The lowest BCUT2D eigenvalue weighted by molar-refractivity contribution is -0.0361. The van der Waals surface area contributed by atoms with E-state index in [0.29, 0.717) is 29.6 Å². The fourth-order valence-electron chi connectivity index (χ4n) is 2.99. The molecule has 1 fully saturated rings. The van der Waals surface area contributed by atoms with Crippen LogP contribution in [0, 0.1) is 0 Å². The number of ether oxygens (including phenoxy) is 1. The third-order valence-electron chi connectivity index (χ3n) is 3.84. The second-order valence-electron chi connectivity index (χ2n) is 4.98. The highest BCUT2D eigenvalue weighted by Gasteiger charge is 2.53. The fraction of sp³-hybridized carbons (Fsp3) is 0.200. The first kappa shape index (κ1) is 12.6. The molecule has 0 radical (unpaired) electrons. The zero-order valence-corrected chi connectivity index (χ0v) is 11.8. The summed E-state index contributed by atoms with van der Waals surface area (Å²) in [7, 11) is 0. The predicted molar refractivity (Wildman–Crippen MR) is 78.1 cm³/mol. The van der Waals surface area contributed by atoms with Gasteiger partial charge in [-0.25, -0.2) is 4.79 Å². The number of anilines is 1. The van der Waals surface area contributed by atoms with Gasteiger partial charge < -0.3 is 10.1 Å². The standard InChI is InChI=1S/C15H12ClN3O2/c16-11-4-1-3-10(9-11)15-13-12(5-2-6-17-13)18-14(20)19(15)7-8-21-15/h1-6,9H,7-8H2,(H,18,20). The van der Waals surface area contributed by atoms with Crippen molar-refractivity contribution in [2.24, 2.45) is 0 Å². The first-order chi connectivity index (χ1) is 10.2. The fourth-order valence-corrected chi connectivity index (χ4v) is 3.19. The van der Waals surface area contributed by atoms with E-state index >= 15 is 0 Å². The van der Waals surface area contributed by atoms with Crippen LogP contribution in [0.15, 0.2) is 42.6 Å². The number of amides is 2. The van der Waals surface area contributed by atoms with Crippen LogP contribution in [-0.4, -0.2) is 29.1 Å². The lowest BCUT2D eigenvalue weighted by atomic mass is 9.94. The summed E-state index contributed by atoms with van der Waals surface area (Å²) in [4.78, 5) is 18.5. The van der Waals surface area contributed by atoms with Crippen molar-refractivity contribution in [1.82, 2.24) is 9.88 Å². The van der Waals surface area contributed by atoms with Crippen LogP contribution in [0.5, 0.6) is 0 Å². The van der Waals surface area contributed by atoms with Crippen molar-refractivity contribution in [3.63, 3.8) is 0 Å². The second-order valence-corrected chi connectivity index (χ2v) is 5.42. The summed E-state index contributed by atoms with van der Waals surface area (Å²) in [5.74, 6) is 0. The van der Waals surface area contributed by atoms with Gasteiger partial charge in [-0.15, -0.1) is 0 Å². The monoisotopic (exact) mass is 301 g/mol. The van der Waals surface area contributed by atoms with Crippen LogP contribution in [0.1, 0.15) is 11.3 Å². The van der Waals surface area contributed by atoms with Gasteiger partial charge in [0.05, 0.1) is 12.3 Å². The number of halogens is 1. The van der Waals surface area contributed by atoms with Crippen molar-refractivity contribution >= 4 is 23.3 Å². The minimum Gasteiger partial charge on any atom is -0.344 e. The van der Waals surface area contributed by atoms with E-state index in [0.717, 1.165) is 5.56 Å². The van der Waals surface area contributed by atoms with Gasteiger partial charge in [-0.1, -0.05) is 23.7 Å². The molecule has 1 unspecified atom stereocenters. The summed E-state index contributed by atoms with van der Waals surface area (Å²) in [6.07, 6.45) is 1.70. The normalized spacial score (nSPS) is 23.5. The van der Waals surface area contributed by atoms with Crippen molar-refractivity contribution in [3.8, 4) is 0 Å². The van der Waals surface area contributed by atoms with E-state index in [2.05, 4.69) is 10.3 Å². The van der Waals surface area contributed by atoms with Crippen molar-refractivity contribution in [2.45, 2.75) is 5.72 Å². The molecule has 1 aromatic heterocycles. The Balaban J connectivity index is 2.01. The average Bonchev–Trinajstić information content (AvgIpc) is 2.94. The number of fused-ring (bicyclic) bond motifs is 3. The number of rotatable bonds is 1. The highest BCUT2D eigenvalue weighted by molar-refractivity contribution is 6.30. The van der Waals surface area contributed by atoms with Gasteiger partial charge in [-0.3, -0.25) is 9.88 Å². The molecule has 6 heteroatoms. The average molecular weight is 302 g/mol. The topological polar surface area (TPSA) is 54.5 Å². The van der Waals surface area contributed by atoms with Crippen molar-refractivity contribution in [3.05, 3.63) is 58.9 Å². The zero-order chi connectivity index (χ0) is 14.4. The number of benzene rings is 1. The molecule has 21 heavy (non-hydrogen) atoms. The molecule has 0 aliphatic carbocycles. The lowest BCUT2D eigenvalue weighted by Crippen LogP contribution is -2.52.